The van der Waals surface area contributed by atoms with Crippen LogP contribution in [0.5, 0.6) is 0 Å². The number of sulfonamides is 1. The van der Waals surface area contributed by atoms with Gasteiger partial charge in [-0.2, -0.15) is 4.31 Å². The lowest BCUT2D eigenvalue weighted by atomic mass is 10.1. The highest BCUT2D eigenvalue weighted by Crippen LogP contribution is 2.25. The van der Waals surface area contributed by atoms with Crippen LogP contribution in [0.1, 0.15) is 19.3 Å². The van der Waals surface area contributed by atoms with Crippen LogP contribution < -0.4 is 0 Å². The molecule has 0 amide bonds. The molecular formula is C11H15BrN2O3S. The molecule has 1 N–H and O–H groups in total. The van der Waals surface area contributed by atoms with Gasteiger partial charge in [0.1, 0.15) is 4.90 Å². The molecule has 1 aliphatic rings. The number of piperidine rings is 1. The van der Waals surface area contributed by atoms with Gasteiger partial charge >= 0.3 is 0 Å². The number of pyridine rings is 1. The van der Waals surface area contributed by atoms with E-state index in [1.54, 1.807) is 6.20 Å². The minimum atomic E-state index is -3.56. The summed E-state index contributed by atoms with van der Waals surface area (Å²) in [5.74, 6) is 0. The maximum Gasteiger partial charge on any atom is 0.244 e. The van der Waals surface area contributed by atoms with E-state index in [1.165, 1.54) is 16.6 Å². The molecule has 2 rings (SSSR count). The predicted octanol–water partition coefficient (Wildman–Crippen LogP) is 1.38. The first-order valence-electron chi connectivity index (χ1n) is 5.79. The molecule has 100 valence electrons. The Morgan fingerprint density at radius 1 is 1.44 bits per heavy atom. The highest BCUT2D eigenvalue weighted by Gasteiger charge is 2.33. The fraction of sp³-hybridized carbons (Fsp3) is 0.545. The minimum absolute atomic E-state index is 0.138. The summed E-state index contributed by atoms with van der Waals surface area (Å²) >= 11 is 3.22. The van der Waals surface area contributed by atoms with Crippen molar-refractivity contribution < 1.29 is 13.5 Å². The van der Waals surface area contributed by atoms with E-state index in [2.05, 4.69) is 20.9 Å². The van der Waals surface area contributed by atoms with E-state index < -0.39 is 10.0 Å². The molecule has 0 aliphatic carbocycles. The van der Waals surface area contributed by atoms with Gasteiger partial charge in [-0.25, -0.2) is 8.42 Å². The number of hydrogen-bond donors (Lipinski definition) is 1. The molecular weight excluding hydrogens is 320 g/mol. The van der Waals surface area contributed by atoms with Gasteiger partial charge in [0.05, 0.1) is 6.61 Å². The number of aromatic nitrogens is 1. The molecule has 1 aromatic rings. The summed E-state index contributed by atoms with van der Waals surface area (Å²) < 4.78 is 26.9. The van der Waals surface area contributed by atoms with Crippen molar-refractivity contribution in [2.45, 2.75) is 30.2 Å². The third-order valence-electron chi connectivity index (χ3n) is 3.07. The van der Waals surface area contributed by atoms with E-state index >= 15 is 0 Å². The van der Waals surface area contributed by atoms with Crippen LogP contribution in [-0.4, -0.2) is 42.0 Å². The van der Waals surface area contributed by atoms with Crippen molar-refractivity contribution >= 4 is 26.0 Å². The van der Waals surface area contributed by atoms with Gasteiger partial charge in [0.25, 0.3) is 0 Å². The number of aliphatic hydroxyl groups is 1. The molecule has 2 heterocycles. The Labute approximate surface area is 115 Å². The zero-order valence-electron chi connectivity index (χ0n) is 9.79. The minimum Gasteiger partial charge on any atom is -0.395 e. The summed E-state index contributed by atoms with van der Waals surface area (Å²) in [4.78, 5) is 4.05. The molecule has 18 heavy (non-hydrogen) atoms. The summed E-state index contributed by atoms with van der Waals surface area (Å²) in [7, 11) is -3.56. The van der Waals surface area contributed by atoms with Crippen molar-refractivity contribution in [3.8, 4) is 0 Å². The van der Waals surface area contributed by atoms with Gasteiger partial charge in [-0.05, 0) is 34.8 Å². The van der Waals surface area contributed by atoms with Gasteiger partial charge in [0.2, 0.25) is 10.0 Å². The third kappa shape index (κ3) is 2.74. The first-order valence-corrected chi connectivity index (χ1v) is 8.02. The van der Waals surface area contributed by atoms with Crippen molar-refractivity contribution in [1.82, 2.24) is 9.29 Å². The highest BCUT2D eigenvalue weighted by molar-refractivity contribution is 9.10. The quantitative estimate of drug-likeness (QED) is 0.906. The molecule has 0 aromatic carbocycles. The number of rotatable bonds is 3. The van der Waals surface area contributed by atoms with E-state index in [9.17, 15) is 13.5 Å². The van der Waals surface area contributed by atoms with Gasteiger partial charge in [-0.3, -0.25) is 4.98 Å². The molecule has 1 atom stereocenters. The van der Waals surface area contributed by atoms with Crippen LogP contribution in [0.4, 0.5) is 0 Å². The van der Waals surface area contributed by atoms with Crippen molar-refractivity contribution in [1.29, 1.82) is 0 Å². The van der Waals surface area contributed by atoms with Crippen LogP contribution in [0.25, 0.3) is 0 Å². The first-order chi connectivity index (χ1) is 8.55. The van der Waals surface area contributed by atoms with E-state index in [1.807, 2.05) is 0 Å². The molecule has 0 bridgehead atoms. The lowest BCUT2D eigenvalue weighted by Gasteiger charge is -2.33. The highest BCUT2D eigenvalue weighted by atomic mass is 79.9. The van der Waals surface area contributed by atoms with E-state index in [4.69, 9.17) is 0 Å². The molecule has 7 heteroatoms. The zero-order chi connectivity index (χ0) is 13.2. The number of nitrogens with zero attached hydrogens (tertiary/aromatic N) is 2. The normalized spacial score (nSPS) is 22.0. The molecule has 0 radical (unpaired) electrons. The third-order valence-corrected chi connectivity index (χ3v) is 5.42. The monoisotopic (exact) mass is 334 g/mol. The molecule has 5 nitrogen and oxygen atoms in total. The maximum absolute atomic E-state index is 12.5. The zero-order valence-corrected chi connectivity index (χ0v) is 12.2. The fourth-order valence-corrected chi connectivity index (χ4v) is 4.33. The molecule has 0 unspecified atom stereocenters. The maximum atomic E-state index is 12.5. The Bertz CT molecular complexity index is 521. The van der Waals surface area contributed by atoms with Gasteiger partial charge in [-0.1, -0.05) is 6.42 Å². The standard InChI is InChI=1S/C11H15BrN2O3S/c12-9-5-11(7-13-6-9)18(16,17)14-4-2-1-3-10(14)8-15/h5-7,10,15H,1-4,8H2/t10-/m0/s1. The van der Waals surface area contributed by atoms with Crippen LogP contribution in [0.3, 0.4) is 0 Å². The summed E-state index contributed by atoms with van der Waals surface area (Å²) in [5, 5.41) is 9.30. The van der Waals surface area contributed by atoms with E-state index in [0.29, 0.717) is 17.4 Å². The summed E-state index contributed by atoms with van der Waals surface area (Å²) in [5.41, 5.74) is 0. The molecule has 1 aromatic heterocycles. The first kappa shape index (κ1) is 13.9. The second kappa shape index (κ2) is 5.64. The Balaban J connectivity index is 2.35. The van der Waals surface area contributed by atoms with Gasteiger partial charge in [0, 0.05) is 29.5 Å². The summed E-state index contributed by atoms with van der Waals surface area (Å²) in [6.45, 7) is 0.320. The molecule has 1 saturated heterocycles. The van der Waals surface area contributed by atoms with Gasteiger partial charge in [0.15, 0.2) is 0 Å². The summed E-state index contributed by atoms with van der Waals surface area (Å²) in [6.07, 6.45) is 5.37. The smallest absolute Gasteiger partial charge is 0.244 e. The SMILES string of the molecule is O=S(=O)(c1cncc(Br)c1)N1CCCC[C@H]1CO. The fourth-order valence-electron chi connectivity index (χ4n) is 2.14. The topological polar surface area (TPSA) is 70.5 Å². The summed E-state index contributed by atoms with van der Waals surface area (Å²) in [6, 6.07) is 1.22. The van der Waals surface area contributed by atoms with Crippen molar-refractivity contribution in [3.05, 3.63) is 22.9 Å². The van der Waals surface area contributed by atoms with Crippen molar-refractivity contribution in [3.63, 3.8) is 0 Å². The van der Waals surface area contributed by atoms with Crippen LogP contribution in [0.15, 0.2) is 27.8 Å². The predicted molar refractivity (Wildman–Crippen MR) is 70.6 cm³/mol. The van der Waals surface area contributed by atoms with Gasteiger partial charge < -0.3 is 5.11 Å². The molecule has 1 fully saturated rings. The van der Waals surface area contributed by atoms with E-state index in [0.717, 1.165) is 12.8 Å². The molecule has 1 aliphatic heterocycles. The number of aliphatic hydroxyl groups excluding tert-OH is 1. The van der Waals surface area contributed by atoms with Crippen LogP contribution >= 0.6 is 15.9 Å². The Morgan fingerprint density at radius 2 is 2.22 bits per heavy atom. The van der Waals surface area contributed by atoms with Crippen molar-refractivity contribution in [2.24, 2.45) is 0 Å². The number of hydrogen-bond acceptors (Lipinski definition) is 4. The van der Waals surface area contributed by atoms with Crippen LogP contribution in [0.2, 0.25) is 0 Å². The second-order valence-electron chi connectivity index (χ2n) is 4.29. The average Bonchev–Trinajstić information content (AvgIpc) is 2.38. The lowest BCUT2D eigenvalue weighted by molar-refractivity contribution is 0.155. The molecule has 0 spiro atoms. The van der Waals surface area contributed by atoms with Crippen molar-refractivity contribution in [2.75, 3.05) is 13.2 Å². The number of halogens is 1. The molecule has 0 saturated carbocycles. The van der Waals surface area contributed by atoms with E-state index in [-0.39, 0.29) is 17.5 Å². The Kier molecular flexibility index (Phi) is 4.37. The van der Waals surface area contributed by atoms with Gasteiger partial charge in [-0.15, -0.1) is 0 Å². The second-order valence-corrected chi connectivity index (χ2v) is 7.09. The lowest BCUT2D eigenvalue weighted by Crippen LogP contribution is -2.45. The van der Waals surface area contributed by atoms with Crippen LogP contribution in [-0.2, 0) is 10.0 Å². The average molecular weight is 335 g/mol. The Morgan fingerprint density at radius 3 is 2.89 bits per heavy atom. The largest absolute Gasteiger partial charge is 0.395 e. The Hall–Kier alpha value is -0.500. The van der Waals surface area contributed by atoms with Crippen LogP contribution in [0, 0.1) is 0 Å².